The van der Waals surface area contributed by atoms with Crippen molar-refractivity contribution in [2.75, 3.05) is 27.4 Å². The third-order valence-corrected chi connectivity index (χ3v) is 6.05. The van der Waals surface area contributed by atoms with Crippen molar-refractivity contribution in [3.8, 4) is 17.2 Å². The zero-order chi connectivity index (χ0) is 24.9. The van der Waals surface area contributed by atoms with Crippen LogP contribution in [-0.4, -0.2) is 43.1 Å². The van der Waals surface area contributed by atoms with Crippen molar-refractivity contribution in [2.24, 2.45) is 0 Å². The number of benzene rings is 3. The summed E-state index contributed by atoms with van der Waals surface area (Å²) in [6.07, 6.45) is 0.746. The number of hydrogen-bond acceptors (Lipinski definition) is 6. The summed E-state index contributed by atoms with van der Waals surface area (Å²) in [6.45, 7) is 0.603. The minimum Gasteiger partial charge on any atom is -0.493 e. The average Bonchev–Trinajstić information content (AvgIpc) is 2.87. The first kappa shape index (κ1) is 24.0. The number of nitro groups is 1. The highest BCUT2D eigenvalue weighted by molar-refractivity contribution is 5.80. The van der Waals surface area contributed by atoms with Crippen LogP contribution in [0.15, 0.2) is 60.7 Å². The summed E-state index contributed by atoms with van der Waals surface area (Å²) in [7, 11) is 3.12. The molecular formula is C26H25FN2O6. The predicted octanol–water partition coefficient (Wildman–Crippen LogP) is 4.50. The van der Waals surface area contributed by atoms with Gasteiger partial charge in [0, 0.05) is 18.7 Å². The molecule has 1 aliphatic rings. The Bertz CT molecular complexity index is 1210. The van der Waals surface area contributed by atoms with E-state index in [9.17, 15) is 19.3 Å². The Morgan fingerprint density at radius 2 is 1.71 bits per heavy atom. The second-order valence-corrected chi connectivity index (χ2v) is 8.12. The number of hydrogen-bond donors (Lipinski definition) is 0. The Morgan fingerprint density at radius 1 is 1.06 bits per heavy atom. The van der Waals surface area contributed by atoms with Crippen LogP contribution in [-0.2, 0) is 17.6 Å². The summed E-state index contributed by atoms with van der Waals surface area (Å²) in [6, 6.07) is 15.0. The summed E-state index contributed by atoms with van der Waals surface area (Å²) in [5.41, 5.74) is 2.58. The van der Waals surface area contributed by atoms with Crippen LogP contribution in [0.5, 0.6) is 17.2 Å². The van der Waals surface area contributed by atoms with Crippen LogP contribution in [0.1, 0.15) is 22.7 Å². The standard InChI is InChI=1S/C26H25FN2O6/c1-33-24-14-18-11-12-28(26(30)13-17-3-5-19(27)6-4-17)23(22(18)15-25(24)34-2)16-35-21-9-7-20(8-10-21)29(31)32/h3-10,14-15,23H,11-13,16H2,1-2H3/t23-/m0/s1. The van der Waals surface area contributed by atoms with E-state index < -0.39 is 11.0 Å². The second kappa shape index (κ2) is 10.4. The Kier molecular flexibility index (Phi) is 7.14. The molecule has 9 heteroatoms. The number of rotatable bonds is 8. The molecule has 0 saturated carbocycles. The van der Waals surface area contributed by atoms with Gasteiger partial charge in [0.05, 0.1) is 31.6 Å². The van der Waals surface area contributed by atoms with Crippen molar-refractivity contribution >= 4 is 11.6 Å². The van der Waals surface area contributed by atoms with Gasteiger partial charge in [0.1, 0.15) is 18.2 Å². The minimum absolute atomic E-state index is 0.0340. The maximum absolute atomic E-state index is 13.3. The molecule has 0 aromatic heterocycles. The largest absolute Gasteiger partial charge is 0.493 e. The molecule has 35 heavy (non-hydrogen) atoms. The van der Waals surface area contributed by atoms with E-state index >= 15 is 0 Å². The number of amides is 1. The van der Waals surface area contributed by atoms with E-state index in [-0.39, 0.29) is 30.4 Å². The van der Waals surface area contributed by atoms with Gasteiger partial charge in [0.2, 0.25) is 5.91 Å². The van der Waals surface area contributed by atoms with Crippen LogP contribution >= 0.6 is 0 Å². The number of nitrogens with zero attached hydrogens (tertiary/aromatic N) is 2. The van der Waals surface area contributed by atoms with Gasteiger partial charge in [0.15, 0.2) is 11.5 Å². The van der Waals surface area contributed by atoms with Crippen molar-refractivity contribution in [3.63, 3.8) is 0 Å². The van der Waals surface area contributed by atoms with E-state index in [1.165, 1.54) is 36.4 Å². The highest BCUT2D eigenvalue weighted by Gasteiger charge is 2.33. The number of nitro benzene ring substituents is 1. The Balaban J connectivity index is 1.62. The first-order valence-corrected chi connectivity index (χ1v) is 11.1. The molecule has 3 aromatic carbocycles. The maximum Gasteiger partial charge on any atom is 0.269 e. The van der Waals surface area contributed by atoms with Crippen LogP contribution in [0, 0.1) is 15.9 Å². The van der Waals surface area contributed by atoms with Gasteiger partial charge in [-0.15, -0.1) is 0 Å². The zero-order valence-electron chi connectivity index (χ0n) is 19.4. The highest BCUT2D eigenvalue weighted by atomic mass is 19.1. The quantitative estimate of drug-likeness (QED) is 0.348. The fraction of sp³-hybridized carbons (Fsp3) is 0.269. The van der Waals surface area contributed by atoms with Gasteiger partial charge in [-0.3, -0.25) is 14.9 Å². The number of methoxy groups -OCH3 is 2. The lowest BCUT2D eigenvalue weighted by atomic mass is 9.91. The van der Waals surface area contributed by atoms with Gasteiger partial charge in [-0.2, -0.15) is 0 Å². The molecule has 0 spiro atoms. The fourth-order valence-corrected chi connectivity index (χ4v) is 4.22. The summed E-state index contributed by atoms with van der Waals surface area (Å²) < 4.78 is 30.2. The van der Waals surface area contributed by atoms with Crippen LogP contribution in [0.2, 0.25) is 0 Å². The van der Waals surface area contributed by atoms with Gasteiger partial charge in [0.25, 0.3) is 5.69 Å². The molecule has 0 unspecified atom stereocenters. The molecule has 0 N–H and O–H groups in total. The van der Waals surface area contributed by atoms with E-state index in [4.69, 9.17) is 14.2 Å². The van der Waals surface area contributed by atoms with Crippen LogP contribution < -0.4 is 14.2 Å². The highest BCUT2D eigenvalue weighted by Crippen LogP contribution is 2.38. The first-order chi connectivity index (χ1) is 16.9. The Hall–Kier alpha value is -4.14. The maximum atomic E-state index is 13.3. The van der Waals surface area contributed by atoms with Gasteiger partial charge < -0.3 is 19.1 Å². The lowest BCUT2D eigenvalue weighted by Gasteiger charge is -2.37. The number of carbonyl (C=O) groups is 1. The third kappa shape index (κ3) is 5.34. The summed E-state index contributed by atoms with van der Waals surface area (Å²) in [5, 5.41) is 10.9. The molecule has 1 amide bonds. The lowest BCUT2D eigenvalue weighted by molar-refractivity contribution is -0.384. The molecule has 0 bridgehead atoms. The van der Waals surface area contributed by atoms with Crippen molar-refractivity contribution in [3.05, 3.63) is 93.3 Å². The van der Waals surface area contributed by atoms with Crippen molar-refractivity contribution in [1.82, 2.24) is 4.90 Å². The normalized spacial score (nSPS) is 14.7. The molecule has 0 saturated heterocycles. The summed E-state index contributed by atoms with van der Waals surface area (Å²) in [5.74, 6) is 1.12. The van der Waals surface area contributed by atoms with Gasteiger partial charge >= 0.3 is 0 Å². The zero-order valence-corrected chi connectivity index (χ0v) is 19.4. The Morgan fingerprint density at radius 3 is 2.34 bits per heavy atom. The van der Waals surface area contributed by atoms with Crippen molar-refractivity contribution < 1.29 is 28.3 Å². The number of ether oxygens (including phenoxy) is 3. The van der Waals surface area contributed by atoms with Crippen molar-refractivity contribution in [2.45, 2.75) is 18.9 Å². The molecular weight excluding hydrogens is 455 g/mol. The minimum atomic E-state index is -0.476. The van der Waals surface area contributed by atoms with Crippen molar-refractivity contribution in [1.29, 1.82) is 0 Å². The van der Waals surface area contributed by atoms with Gasteiger partial charge in [-0.1, -0.05) is 12.1 Å². The number of fused-ring (bicyclic) bond motifs is 1. The monoisotopic (exact) mass is 480 g/mol. The summed E-state index contributed by atoms with van der Waals surface area (Å²) in [4.78, 5) is 25.5. The van der Waals surface area contributed by atoms with E-state index in [1.807, 2.05) is 12.1 Å². The predicted molar refractivity (Wildman–Crippen MR) is 126 cm³/mol. The number of carbonyl (C=O) groups excluding carboxylic acids is 1. The third-order valence-electron chi connectivity index (χ3n) is 6.05. The molecule has 1 aliphatic heterocycles. The SMILES string of the molecule is COc1cc2c(cc1OC)[C@H](COc1ccc([N+](=O)[O-])cc1)N(C(=O)Cc1ccc(F)cc1)CC2. The second-order valence-electron chi connectivity index (χ2n) is 8.12. The first-order valence-electron chi connectivity index (χ1n) is 11.1. The molecule has 1 heterocycles. The van der Waals surface area contributed by atoms with E-state index in [2.05, 4.69) is 0 Å². The summed E-state index contributed by atoms with van der Waals surface area (Å²) >= 11 is 0. The molecule has 0 radical (unpaired) electrons. The molecule has 0 fully saturated rings. The molecule has 0 aliphatic carbocycles. The topological polar surface area (TPSA) is 91.1 Å². The van der Waals surface area contributed by atoms with E-state index in [0.29, 0.717) is 35.8 Å². The van der Waals surface area contributed by atoms with Gasteiger partial charge in [-0.05, 0) is 59.5 Å². The number of halogens is 1. The average molecular weight is 480 g/mol. The van der Waals surface area contributed by atoms with E-state index in [1.54, 1.807) is 31.3 Å². The molecule has 3 aromatic rings. The molecule has 1 atom stereocenters. The van der Waals surface area contributed by atoms with Gasteiger partial charge in [-0.25, -0.2) is 4.39 Å². The smallest absolute Gasteiger partial charge is 0.269 e. The molecule has 8 nitrogen and oxygen atoms in total. The van der Waals surface area contributed by atoms with Crippen LogP contribution in [0.4, 0.5) is 10.1 Å². The van der Waals surface area contributed by atoms with Crippen LogP contribution in [0.3, 0.4) is 0 Å². The fourth-order valence-electron chi connectivity index (χ4n) is 4.22. The lowest BCUT2D eigenvalue weighted by Crippen LogP contribution is -2.43. The van der Waals surface area contributed by atoms with Crippen LogP contribution in [0.25, 0.3) is 0 Å². The molecule has 182 valence electrons. The molecule has 4 rings (SSSR count). The number of non-ortho nitro benzene ring substituents is 1. The van der Waals surface area contributed by atoms with E-state index in [0.717, 1.165) is 11.1 Å². The Labute approximate surface area is 202 Å².